The fraction of sp³-hybridized carbons (Fsp3) is 0.0385. The van der Waals surface area contributed by atoms with Crippen LogP contribution in [0.25, 0.3) is 16.8 Å². The number of nitrogens with one attached hydrogen (secondary N) is 2. The Morgan fingerprint density at radius 1 is 0.871 bits per heavy atom. The van der Waals surface area contributed by atoms with E-state index in [2.05, 4.69) is 15.6 Å². The van der Waals surface area contributed by atoms with Crippen molar-refractivity contribution < 1.29 is 9.59 Å². The Balaban J connectivity index is 1.40. The molecule has 0 aliphatic rings. The highest BCUT2D eigenvalue weighted by atomic mass is 16.2. The van der Waals surface area contributed by atoms with E-state index in [1.807, 2.05) is 60.7 Å². The second-order valence-electron chi connectivity index (χ2n) is 6.98. The molecule has 0 saturated carbocycles. The molecule has 0 fully saturated rings. The number of nitrogens with zero attached hydrogens (tertiary/aromatic N) is 1. The van der Waals surface area contributed by atoms with Crippen molar-refractivity contribution in [1.82, 2.24) is 10.3 Å². The number of carbonyl (C=O) groups is 2. The minimum absolute atomic E-state index is 0.229. The predicted molar refractivity (Wildman–Crippen MR) is 123 cm³/mol. The zero-order valence-electron chi connectivity index (χ0n) is 16.8. The number of carbonyl (C=O) groups excluding carboxylic acids is 2. The largest absolute Gasteiger partial charge is 0.346 e. The third-order valence-electron chi connectivity index (χ3n) is 4.79. The van der Waals surface area contributed by atoms with E-state index in [9.17, 15) is 9.59 Å². The lowest BCUT2D eigenvalue weighted by Gasteiger charge is -2.07. The second kappa shape index (κ2) is 9.50. The van der Waals surface area contributed by atoms with Crippen LogP contribution < -0.4 is 10.6 Å². The summed E-state index contributed by atoms with van der Waals surface area (Å²) < 4.78 is 0. The lowest BCUT2D eigenvalue weighted by atomic mass is 10.0. The zero-order chi connectivity index (χ0) is 21.5. The summed E-state index contributed by atoms with van der Waals surface area (Å²) in [6.07, 6.45) is 4.97. The van der Waals surface area contributed by atoms with Crippen molar-refractivity contribution in [3.8, 4) is 0 Å². The minimum atomic E-state index is -0.265. The number of benzene rings is 3. The van der Waals surface area contributed by atoms with Gasteiger partial charge in [-0.25, -0.2) is 0 Å². The van der Waals surface area contributed by atoms with Crippen molar-refractivity contribution in [2.75, 3.05) is 5.32 Å². The first-order chi connectivity index (χ1) is 15.2. The molecule has 152 valence electrons. The van der Waals surface area contributed by atoms with Crippen molar-refractivity contribution in [1.29, 1.82) is 0 Å². The molecule has 31 heavy (non-hydrogen) atoms. The maximum absolute atomic E-state index is 12.4. The van der Waals surface area contributed by atoms with Gasteiger partial charge in [0.1, 0.15) is 0 Å². The topological polar surface area (TPSA) is 71.1 Å². The van der Waals surface area contributed by atoms with E-state index in [1.165, 1.54) is 6.08 Å². The molecule has 0 unspecified atom stereocenters. The highest BCUT2D eigenvalue weighted by molar-refractivity contribution is 6.04. The van der Waals surface area contributed by atoms with Gasteiger partial charge in [-0.3, -0.25) is 14.6 Å². The molecular weight excluding hydrogens is 386 g/mol. The van der Waals surface area contributed by atoms with E-state index in [0.29, 0.717) is 17.8 Å². The average molecular weight is 407 g/mol. The summed E-state index contributed by atoms with van der Waals surface area (Å²) in [5.41, 5.74) is 2.76. The maximum Gasteiger partial charge on any atom is 0.251 e. The van der Waals surface area contributed by atoms with Gasteiger partial charge in [-0.1, -0.05) is 54.6 Å². The first-order valence-corrected chi connectivity index (χ1v) is 9.94. The Hall–Kier alpha value is -4.25. The summed E-state index contributed by atoms with van der Waals surface area (Å²) >= 11 is 0. The summed E-state index contributed by atoms with van der Waals surface area (Å²) in [7, 11) is 0. The van der Waals surface area contributed by atoms with Crippen LogP contribution in [0.4, 0.5) is 5.69 Å². The normalized spacial score (nSPS) is 10.8. The number of hydrogen-bond acceptors (Lipinski definition) is 3. The SMILES string of the molecule is O=C(C=Cc1cccc2ccccc12)Nc1cccc(C(=O)NCc2ccccn2)c1. The second-order valence-corrected chi connectivity index (χ2v) is 6.98. The summed E-state index contributed by atoms with van der Waals surface area (Å²) in [5.74, 6) is -0.493. The first kappa shape index (κ1) is 20.0. The molecule has 1 heterocycles. The average Bonchev–Trinajstić information content (AvgIpc) is 2.82. The molecule has 2 N–H and O–H groups in total. The number of pyridine rings is 1. The van der Waals surface area contributed by atoms with E-state index < -0.39 is 0 Å². The number of anilines is 1. The molecule has 0 bridgehead atoms. The molecule has 5 heteroatoms. The Morgan fingerprint density at radius 2 is 1.68 bits per heavy atom. The van der Waals surface area contributed by atoms with E-state index in [4.69, 9.17) is 0 Å². The molecule has 1 aromatic heterocycles. The van der Waals surface area contributed by atoms with Crippen molar-refractivity contribution in [3.05, 3.63) is 114 Å². The van der Waals surface area contributed by atoms with Crippen molar-refractivity contribution in [2.24, 2.45) is 0 Å². The molecule has 3 aromatic carbocycles. The van der Waals surface area contributed by atoms with E-state index >= 15 is 0 Å². The van der Waals surface area contributed by atoms with Crippen LogP contribution in [0, 0.1) is 0 Å². The first-order valence-electron chi connectivity index (χ1n) is 9.94. The third-order valence-corrected chi connectivity index (χ3v) is 4.79. The van der Waals surface area contributed by atoms with Gasteiger partial charge in [-0.15, -0.1) is 0 Å². The molecule has 0 saturated heterocycles. The van der Waals surface area contributed by atoms with Crippen molar-refractivity contribution in [3.63, 3.8) is 0 Å². The standard InChI is InChI=1S/C26H21N3O2/c30-25(15-14-20-9-5-8-19-7-1-2-13-24(19)20)29-22-12-6-10-21(17-22)26(31)28-18-23-11-3-4-16-27-23/h1-17H,18H2,(H,28,31)(H,29,30). The smallest absolute Gasteiger partial charge is 0.251 e. The van der Waals surface area contributed by atoms with Crippen molar-refractivity contribution >= 4 is 34.4 Å². The van der Waals surface area contributed by atoms with Crippen LogP contribution >= 0.6 is 0 Å². The molecule has 4 aromatic rings. The van der Waals surface area contributed by atoms with E-state index in [0.717, 1.165) is 22.0 Å². The number of hydrogen-bond donors (Lipinski definition) is 2. The van der Waals surface area contributed by atoms with Gasteiger partial charge in [0.05, 0.1) is 12.2 Å². The fourth-order valence-electron chi connectivity index (χ4n) is 3.26. The maximum atomic E-state index is 12.4. The van der Waals surface area contributed by atoms with Gasteiger partial charge in [-0.05, 0) is 52.7 Å². The number of fused-ring (bicyclic) bond motifs is 1. The van der Waals surface area contributed by atoms with Gasteiger partial charge in [0.2, 0.25) is 5.91 Å². The molecule has 0 aliphatic heterocycles. The van der Waals surface area contributed by atoms with Crippen LogP contribution in [0.5, 0.6) is 0 Å². The molecule has 0 spiro atoms. The van der Waals surface area contributed by atoms with Crippen LogP contribution in [-0.2, 0) is 11.3 Å². The Morgan fingerprint density at radius 3 is 2.55 bits per heavy atom. The third kappa shape index (κ3) is 5.22. The highest BCUT2D eigenvalue weighted by Gasteiger charge is 2.07. The van der Waals surface area contributed by atoms with Gasteiger partial charge in [0.25, 0.3) is 5.91 Å². The van der Waals surface area contributed by atoms with Gasteiger partial charge < -0.3 is 10.6 Å². The number of rotatable bonds is 6. The molecule has 0 radical (unpaired) electrons. The fourth-order valence-corrected chi connectivity index (χ4v) is 3.26. The van der Waals surface area contributed by atoms with Gasteiger partial charge in [0, 0.05) is 23.5 Å². The molecule has 4 rings (SSSR count). The van der Waals surface area contributed by atoms with Crippen molar-refractivity contribution in [2.45, 2.75) is 6.54 Å². The van der Waals surface area contributed by atoms with Crippen LogP contribution in [0.1, 0.15) is 21.6 Å². The monoisotopic (exact) mass is 407 g/mol. The van der Waals surface area contributed by atoms with Gasteiger partial charge >= 0.3 is 0 Å². The van der Waals surface area contributed by atoms with Crippen LogP contribution in [0.3, 0.4) is 0 Å². The van der Waals surface area contributed by atoms with Crippen LogP contribution in [-0.4, -0.2) is 16.8 Å². The predicted octanol–water partition coefficient (Wildman–Crippen LogP) is 4.82. The Labute approximate surface area is 180 Å². The van der Waals surface area contributed by atoms with E-state index in [-0.39, 0.29) is 11.8 Å². The Bertz CT molecular complexity index is 1240. The zero-order valence-corrected chi connectivity index (χ0v) is 16.8. The summed E-state index contributed by atoms with van der Waals surface area (Å²) in [6, 6.07) is 26.4. The van der Waals surface area contributed by atoms with Crippen LogP contribution in [0.15, 0.2) is 97.2 Å². The number of amides is 2. The molecule has 0 aliphatic carbocycles. The minimum Gasteiger partial charge on any atom is -0.346 e. The quantitative estimate of drug-likeness (QED) is 0.450. The lowest BCUT2D eigenvalue weighted by Crippen LogP contribution is -2.23. The molecular formula is C26H21N3O2. The Kier molecular flexibility index (Phi) is 6.14. The lowest BCUT2D eigenvalue weighted by molar-refractivity contribution is -0.111. The van der Waals surface area contributed by atoms with Gasteiger partial charge in [0.15, 0.2) is 0 Å². The van der Waals surface area contributed by atoms with E-state index in [1.54, 1.807) is 36.5 Å². The highest BCUT2D eigenvalue weighted by Crippen LogP contribution is 2.19. The summed E-state index contributed by atoms with van der Waals surface area (Å²) in [5, 5.41) is 7.85. The molecule has 5 nitrogen and oxygen atoms in total. The molecule has 0 atom stereocenters. The van der Waals surface area contributed by atoms with Crippen LogP contribution in [0.2, 0.25) is 0 Å². The summed E-state index contributed by atoms with van der Waals surface area (Å²) in [4.78, 5) is 29.0. The van der Waals surface area contributed by atoms with Gasteiger partial charge in [-0.2, -0.15) is 0 Å². The molecule has 2 amide bonds. The summed E-state index contributed by atoms with van der Waals surface area (Å²) in [6.45, 7) is 0.337. The number of aromatic nitrogens is 1.